The highest BCUT2D eigenvalue weighted by Gasteiger charge is 2.16. The second-order valence-corrected chi connectivity index (χ2v) is 4.18. The van der Waals surface area contributed by atoms with Crippen LogP contribution in [0.3, 0.4) is 0 Å². The van der Waals surface area contributed by atoms with Crippen molar-refractivity contribution in [1.82, 2.24) is 9.97 Å². The van der Waals surface area contributed by atoms with Crippen LogP contribution in [0.5, 0.6) is 17.4 Å². The van der Waals surface area contributed by atoms with Crippen molar-refractivity contribution in [3.63, 3.8) is 0 Å². The van der Waals surface area contributed by atoms with Gasteiger partial charge in [-0.1, -0.05) is 12.1 Å². The van der Waals surface area contributed by atoms with Crippen molar-refractivity contribution < 1.29 is 14.2 Å². The van der Waals surface area contributed by atoms with E-state index in [9.17, 15) is 0 Å². The fourth-order valence-corrected chi connectivity index (χ4v) is 1.98. The van der Waals surface area contributed by atoms with E-state index >= 15 is 0 Å². The monoisotopic (exact) mass is 273 g/mol. The summed E-state index contributed by atoms with van der Waals surface area (Å²) in [5.41, 5.74) is 1.02. The third kappa shape index (κ3) is 2.59. The molecule has 6 nitrogen and oxygen atoms in total. The number of benzene rings is 1. The van der Waals surface area contributed by atoms with Gasteiger partial charge in [-0.3, -0.25) is 0 Å². The number of hydrogen-bond acceptors (Lipinski definition) is 6. The number of para-hydroxylation sites is 1. The molecule has 2 heterocycles. The number of hydrogen-bond donors (Lipinski definition) is 1. The highest BCUT2D eigenvalue weighted by Crippen LogP contribution is 2.35. The van der Waals surface area contributed by atoms with Crippen molar-refractivity contribution in [1.29, 1.82) is 0 Å². The van der Waals surface area contributed by atoms with Crippen molar-refractivity contribution in [3.05, 3.63) is 36.2 Å². The smallest absolute Gasteiger partial charge is 0.231 e. The molecule has 1 aromatic heterocycles. The second-order valence-electron chi connectivity index (χ2n) is 4.18. The third-order valence-electron chi connectivity index (χ3n) is 2.87. The zero-order valence-corrected chi connectivity index (χ0v) is 11.1. The Bertz CT molecular complexity index is 604. The van der Waals surface area contributed by atoms with Gasteiger partial charge in [0.15, 0.2) is 11.5 Å². The molecule has 0 atom stereocenters. The van der Waals surface area contributed by atoms with Crippen LogP contribution in [0.1, 0.15) is 12.5 Å². The molecule has 0 amide bonds. The van der Waals surface area contributed by atoms with Gasteiger partial charge in [0, 0.05) is 18.2 Å². The Kier molecular flexibility index (Phi) is 3.54. The minimum Gasteiger partial charge on any atom is -0.478 e. The van der Waals surface area contributed by atoms with Gasteiger partial charge in [-0.15, -0.1) is 0 Å². The molecule has 1 aromatic carbocycles. The van der Waals surface area contributed by atoms with Crippen LogP contribution in [0.2, 0.25) is 0 Å². The molecule has 6 heteroatoms. The van der Waals surface area contributed by atoms with Crippen LogP contribution < -0.4 is 19.5 Å². The third-order valence-corrected chi connectivity index (χ3v) is 2.87. The van der Waals surface area contributed by atoms with E-state index in [1.54, 1.807) is 6.07 Å². The molecule has 0 radical (unpaired) electrons. The topological polar surface area (TPSA) is 65.5 Å². The van der Waals surface area contributed by atoms with Crippen molar-refractivity contribution in [2.75, 3.05) is 18.7 Å². The van der Waals surface area contributed by atoms with Crippen LogP contribution in [0.4, 0.5) is 5.82 Å². The lowest BCUT2D eigenvalue weighted by Gasteiger charge is -2.09. The molecular formula is C14H15N3O3. The average molecular weight is 273 g/mol. The van der Waals surface area contributed by atoms with Crippen LogP contribution in [-0.4, -0.2) is 23.4 Å². The van der Waals surface area contributed by atoms with E-state index in [4.69, 9.17) is 14.2 Å². The standard InChI is InChI=1S/C14H15N3O3/c1-2-18-13-6-12(16-8-17-13)15-7-10-4-3-5-11-14(10)20-9-19-11/h3-6,8H,2,7,9H2,1H3,(H,15,16,17). The molecule has 0 saturated heterocycles. The maximum absolute atomic E-state index is 5.46. The van der Waals surface area contributed by atoms with Gasteiger partial charge < -0.3 is 19.5 Å². The highest BCUT2D eigenvalue weighted by molar-refractivity contribution is 5.50. The summed E-state index contributed by atoms with van der Waals surface area (Å²) in [5.74, 6) is 2.84. The lowest BCUT2D eigenvalue weighted by atomic mass is 10.2. The predicted octanol–water partition coefficient (Wildman–Crippen LogP) is 2.22. The van der Waals surface area contributed by atoms with E-state index in [0.29, 0.717) is 24.8 Å². The summed E-state index contributed by atoms with van der Waals surface area (Å²) >= 11 is 0. The van der Waals surface area contributed by atoms with E-state index < -0.39 is 0 Å². The van der Waals surface area contributed by atoms with E-state index in [-0.39, 0.29) is 6.79 Å². The van der Waals surface area contributed by atoms with Crippen LogP contribution in [-0.2, 0) is 6.54 Å². The van der Waals surface area contributed by atoms with Gasteiger partial charge in [0.25, 0.3) is 0 Å². The van der Waals surface area contributed by atoms with E-state index in [0.717, 1.165) is 17.1 Å². The summed E-state index contributed by atoms with van der Waals surface area (Å²) in [6.07, 6.45) is 1.47. The van der Waals surface area contributed by atoms with Gasteiger partial charge >= 0.3 is 0 Å². The first-order chi connectivity index (χ1) is 9.86. The number of anilines is 1. The molecule has 104 valence electrons. The summed E-state index contributed by atoms with van der Waals surface area (Å²) in [6.45, 7) is 3.36. The fourth-order valence-electron chi connectivity index (χ4n) is 1.98. The molecule has 3 rings (SSSR count). The average Bonchev–Trinajstić information content (AvgIpc) is 2.95. The molecule has 0 aliphatic carbocycles. The van der Waals surface area contributed by atoms with Gasteiger partial charge in [-0.25, -0.2) is 9.97 Å². The summed E-state index contributed by atoms with van der Waals surface area (Å²) in [5, 5.41) is 3.22. The quantitative estimate of drug-likeness (QED) is 0.901. The van der Waals surface area contributed by atoms with Crippen LogP contribution >= 0.6 is 0 Å². The van der Waals surface area contributed by atoms with E-state index in [1.165, 1.54) is 6.33 Å². The predicted molar refractivity (Wildman–Crippen MR) is 73.1 cm³/mol. The van der Waals surface area contributed by atoms with E-state index in [2.05, 4.69) is 15.3 Å². The van der Waals surface area contributed by atoms with Crippen LogP contribution in [0.15, 0.2) is 30.6 Å². The SMILES string of the molecule is CCOc1cc(NCc2cccc3c2OCO3)ncn1. The number of nitrogens with zero attached hydrogens (tertiary/aromatic N) is 2. The fraction of sp³-hybridized carbons (Fsp3) is 0.286. The Hall–Kier alpha value is -2.50. The maximum Gasteiger partial charge on any atom is 0.231 e. The molecule has 1 aliphatic rings. The summed E-state index contributed by atoms with van der Waals surface area (Å²) in [7, 11) is 0. The first-order valence-corrected chi connectivity index (χ1v) is 6.43. The maximum atomic E-state index is 5.46. The first-order valence-electron chi connectivity index (χ1n) is 6.43. The number of rotatable bonds is 5. The van der Waals surface area contributed by atoms with Crippen molar-refractivity contribution in [3.8, 4) is 17.4 Å². The Balaban J connectivity index is 1.71. The molecule has 1 aliphatic heterocycles. The number of ether oxygens (including phenoxy) is 3. The van der Waals surface area contributed by atoms with Gasteiger partial charge in [0.1, 0.15) is 12.1 Å². The number of aromatic nitrogens is 2. The van der Waals surface area contributed by atoms with Gasteiger partial charge in [0.05, 0.1) is 6.61 Å². The summed E-state index contributed by atoms with van der Waals surface area (Å²) in [6, 6.07) is 7.59. The molecule has 0 spiro atoms. The molecule has 0 fully saturated rings. The number of nitrogens with one attached hydrogen (secondary N) is 1. The number of fused-ring (bicyclic) bond motifs is 1. The Labute approximate surface area is 116 Å². The zero-order chi connectivity index (χ0) is 13.8. The Morgan fingerprint density at radius 2 is 2.25 bits per heavy atom. The van der Waals surface area contributed by atoms with Crippen molar-refractivity contribution in [2.24, 2.45) is 0 Å². The van der Waals surface area contributed by atoms with E-state index in [1.807, 2.05) is 25.1 Å². The lowest BCUT2D eigenvalue weighted by molar-refractivity contribution is 0.173. The van der Waals surface area contributed by atoms with Gasteiger partial charge in [-0.2, -0.15) is 0 Å². The Morgan fingerprint density at radius 3 is 3.15 bits per heavy atom. The minimum absolute atomic E-state index is 0.272. The largest absolute Gasteiger partial charge is 0.478 e. The van der Waals surface area contributed by atoms with Gasteiger partial charge in [0.2, 0.25) is 12.7 Å². The first kappa shape index (κ1) is 12.5. The summed E-state index contributed by atoms with van der Waals surface area (Å²) < 4.78 is 16.1. The zero-order valence-electron chi connectivity index (χ0n) is 11.1. The van der Waals surface area contributed by atoms with Crippen molar-refractivity contribution in [2.45, 2.75) is 13.5 Å². The van der Waals surface area contributed by atoms with Crippen molar-refractivity contribution >= 4 is 5.82 Å². The molecule has 2 aromatic rings. The summed E-state index contributed by atoms with van der Waals surface area (Å²) in [4.78, 5) is 8.18. The molecular weight excluding hydrogens is 258 g/mol. The normalized spacial score (nSPS) is 12.2. The second kappa shape index (κ2) is 5.64. The molecule has 0 unspecified atom stereocenters. The molecule has 0 bridgehead atoms. The molecule has 20 heavy (non-hydrogen) atoms. The van der Waals surface area contributed by atoms with Crippen LogP contribution in [0.25, 0.3) is 0 Å². The van der Waals surface area contributed by atoms with Crippen LogP contribution in [0, 0.1) is 0 Å². The highest BCUT2D eigenvalue weighted by atomic mass is 16.7. The molecule has 0 saturated carbocycles. The Morgan fingerprint density at radius 1 is 1.30 bits per heavy atom. The lowest BCUT2D eigenvalue weighted by Crippen LogP contribution is -2.04. The molecule has 1 N–H and O–H groups in total. The van der Waals surface area contributed by atoms with Gasteiger partial charge in [-0.05, 0) is 13.0 Å². The minimum atomic E-state index is 0.272.